The number of rotatable bonds is 4. The third kappa shape index (κ3) is 2.24. The van der Waals surface area contributed by atoms with Gasteiger partial charge in [0.1, 0.15) is 5.52 Å². The maximum absolute atomic E-state index is 12.5. The Balaban J connectivity index is 1.62. The first-order valence-electron chi connectivity index (χ1n) is 7.36. The number of H-pyrrole nitrogens is 2. The van der Waals surface area contributed by atoms with Crippen LogP contribution in [0.4, 0.5) is 0 Å². The smallest absolute Gasteiger partial charge is 0.255 e. The second-order valence-corrected chi connectivity index (χ2v) is 5.68. The van der Waals surface area contributed by atoms with Crippen LogP contribution in [0.25, 0.3) is 11.2 Å². The molecule has 0 saturated heterocycles. The van der Waals surface area contributed by atoms with Crippen molar-refractivity contribution in [3.8, 4) is 0 Å². The third-order valence-corrected chi connectivity index (χ3v) is 3.98. The van der Waals surface area contributed by atoms with E-state index in [4.69, 9.17) is 0 Å². The van der Waals surface area contributed by atoms with Gasteiger partial charge in [0.2, 0.25) is 0 Å². The van der Waals surface area contributed by atoms with Crippen LogP contribution in [0, 0.1) is 0 Å². The van der Waals surface area contributed by atoms with Crippen LogP contribution < -0.4 is 5.32 Å². The zero-order valence-electron chi connectivity index (χ0n) is 12.1. The zero-order chi connectivity index (χ0) is 15.1. The Bertz CT molecular complexity index is 818. The molecule has 3 N–H and O–H groups in total. The molecule has 112 valence electrons. The van der Waals surface area contributed by atoms with Crippen molar-refractivity contribution in [1.29, 1.82) is 0 Å². The molecule has 7 heteroatoms. The predicted molar refractivity (Wildman–Crippen MR) is 80.3 cm³/mol. The van der Waals surface area contributed by atoms with Gasteiger partial charge in [0.15, 0.2) is 5.65 Å². The summed E-state index contributed by atoms with van der Waals surface area (Å²) in [5.41, 5.74) is 3.64. The first kappa shape index (κ1) is 13.0. The first-order chi connectivity index (χ1) is 10.7. The number of nitrogens with zero attached hydrogens (tertiary/aromatic N) is 3. The Morgan fingerprint density at radius 3 is 3.05 bits per heavy atom. The van der Waals surface area contributed by atoms with Gasteiger partial charge in [-0.15, -0.1) is 0 Å². The molecular formula is C15H16N6O. The standard InChI is InChI=1S/C15H16N6O/c1-8(11-4-5-18-21-11)19-15(22)10-6-16-14-13(10)20-12(7-17-14)9-2-3-9/h4-9H,2-3H2,1H3,(H,16,17)(H,18,21)(H,19,22)/t8-/m0/s1. The summed E-state index contributed by atoms with van der Waals surface area (Å²) in [5.74, 6) is 0.335. The number of fused-ring (bicyclic) bond motifs is 1. The molecule has 0 unspecified atom stereocenters. The Hall–Kier alpha value is -2.70. The molecule has 0 bridgehead atoms. The minimum Gasteiger partial charge on any atom is -0.344 e. The fourth-order valence-corrected chi connectivity index (χ4v) is 2.51. The highest BCUT2D eigenvalue weighted by atomic mass is 16.1. The van der Waals surface area contributed by atoms with Crippen LogP contribution in [-0.4, -0.2) is 31.1 Å². The molecule has 1 amide bonds. The summed E-state index contributed by atoms with van der Waals surface area (Å²) in [7, 11) is 0. The summed E-state index contributed by atoms with van der Waals surface area (Å²) in [5, 5.41) is 9.70. The van der Waals surface area contributed by atoms with E-state index in [2.05, 4.69) is 30.5 Å². The van der Waals surface area contributed by atoms with Crippen LogP contribution in [0.5, 0.6) is 0 Å². The number of amides is 1. The number of carbonyl (C=O) groups excluding carboxylic acids is 1. The maximum atomic E-state index is 12.5. The number of carbonyl (C=O) groups is 1. The van der Waals surface area contributed by atoms with Crippen molar-refractivity contribution < 1.29 is 4.79 Å². The van der Waals surface area contributed by atoms with Gasteiger partial charge in [-0.05, 0) is 25.8 Å². The topological polar surface area (TPSA) is 99.3 Å². The summed E-state index contributed by atoms with van der Waals surface area (Å²) in [4.78, 5) is 24.5. The minimum atomic E-state index is -0.171. The monoisotopic (exact) mass is 296 g/mol. The van der Waals surface area contributed by atoms with Crippen LogP contribution >= 0.6 is 0 Å². The maximum Gasteiger partial charge on any atom is 0.255 e. The van der Waals surface area contributed by atoms with Crippen LogP contribution in [0.1, 0.15) is 53.5 Å². The summed E-state index contributed by atoms with van der Waals surface area (Å²) >= 11 is 0. The lowest BCUT2D eigenvalue weighted by molar-refractivity contribution is 0.0940. The van der Waals surface area contributed by atoms with Gasteiger partial charge in [0.25, 0.3) is 5.91 Å². The molecule has 1 aliphatic rings. The number of aromatic amines is 2. The number of hydrogen-bond acceptors (Lipinski definition) is 4. The predicted octanol–water partition coefficient (Wildman–Crippen LogP) is 2.05. The van der Waals surface area contributed by atoms with Crippen LogP contribution in [0.15, 0.2) is 24.7 Å². The molecule has 1 fully saturated rings. The fourth-order valence-electron chi connectivity index (χ4n) is 2.51. The summed E-state index contributed by atoms with van der Waals surface area (Å²) < 4.78 is 0. The lowest BCUT2D eigenvalue weighted by Crippen LogP contribution is -2.26. The van der Waals surface area contributed by atoms with Gasteiger partial charge >= 0.3 is 0 Å². The van der Waals surface area contributed by atoms with E-state index in [9.17, 15) is 4.79 Å². The molecule has 1 aliphatic carbocycles. The molecule has 0 radical (unpaired) electrons. The quantitative estimate of drug-likeness (QED) is 0.686. The van der Waals surface area contributed by atoms with Gasteiger partial charge in [-0.25, -0.2) is 9.97 Å². The average molecular weight is 296 g/mol. The highest BCUT2D eigenvalue weighted by Crippen LogP contribution is 2.39. The highest BCUT2D eigenvalue weighted by molar-refractivity contribution is 6.04. The highest BCUT2D eigenvalue weighted by Gasteiger charge is 2.26. The van der Waals surface area contributed by atoms with Crippen molar-refractivity contribution >= 4 is 17.1 Å². The molecular weight excluding hydrogens is 280 g/mol. The Labute approximate surface area is 126 Å². The SMILES string of the molecule is C[C@H](NC(=O)c1c[nH]c2ncc(C3CC3)nc12)c1ccn[nH]1. The van der Waals surface area contributed by atoms with Gasteiger partial charge in [-0.1, -0.05) is 0 Å². The van der Waals surface area contributed by atoms with Crippen molar-refractivity contribution in [2.24, 2.45) is 0 Å². The normalized spacial score (nSPS) is 15.9. The van der Waals surface area contributed by atoms with Crippen LogP contribution in [0.2, 0.25) is 0 Å². The van der Waals surface area contributed by atoms with Crippen molar-refractivity contribution in [1.82, 2.24) is 30.5 Å². The van der Waals surface area contributed by atoms with Crippen molar-refractivity contribution in [2.75, 3.05) is 0 Å². The Morgan fingerprint density at radius 2 is 2.32 bits per heavy atom. The minimum absolute atomic E-state index is 0.153. The van der Waals surface area contributed by atoms with Gasteiger partial charge in [0.05, 0.1) is 29.2 Å². The Morgan fingerprint density at radius 1 is 1.45 bits per heavy atom. The van der Waals surface area contributed by atoms with Crippen LogP contribution in [0.3, 0.4) is 0 Å². The van der Waals surface area contributed by atoms with E-state index >= 15 is 0 Å². The summed E-state index contributed by atoms with van der Waals surface area (Å²) in [6.45, 7) is 1.90. The largest absolute Gasteiger partial charge is 0.344 e. The molecule has 4 rings (SSSR count). The lowest BCUT2D eigenvalue weighted by Gasteiger charge is -2.11. The van der Waals surface area contributed by atoms with Crippen molar-refractivity contribution in [2.45, 2.75) is 31.7 Å². The molecule has 0 spiro atoms. The van der Waals surface area contributed by atoms with Gasteiger partial charge < -0.3 is 10.3 Å². The number of nitrogens with one attached hydrogen (secondary N) is 3. The van der Waals surface area contributed by atoms with Crippen molar-refractivity contribution in [3.05, 3.63) is 41.6 Å². The third-order valence-electron chi connectivity index (χ3n) is 3.98. The molecule has 22 heavy (non-hydrogen) atoms. The van der Waals surface area contributed by atoms with E-state index in [0.29, 0.717) is 22.6 Å². The number of hydrogen-bond donors (Lipinski definition) is 3. The first-order valence-corrected chi connectivity index (χ1v) is 7.36. The van der Waals surface area contributed by atoms with Crippen LogP contribution in [-0.2, 0) is 0 Å². The van der Waals surface area contributed by atoms with Crippen molar-refractivity contribution in [3.63, 3.8) is 0 Å². The molecule has 0 aliphatic heterocycles. The fraction of sp³-hybridized carbons (Fsp3) is 0.333. The van der Waals surface area contributed by atoms with Gasteiger partial charge in [-0.2, -0.15) is 5.10 Å². The summed E-state index contributed by atoms with van der Waals surface area (Å²) in [6.07, 6.45) is 7.44. The Kier molecular flexibility index (Phi) is 2.92. The number of aromatic nitrogens is 5. The molecule has 3 aromatic rings. The molecule has 1 saturated carbocycles. The van der Waals surface area contributed by atoms with Gasteiger partial charge in [0, 0.05) is 18.3 Å². The molecule has 7 nitrogen and oxygen atoms in total. The molecule has 3 heterocycles. The second-order valence-electron chi connectivity index (χ2n) is 5.68. The van der Waals surface area contributed by atoms with E-state index in [1.807, 2.05) is 13.0 Å². The average Bonchev–Trinajstić information content (AvgIpc) is 3.06. The van der Waals surface area contributed by atoms with E-state index in [1.54, 1.807) is 18.6 Å². The van der Waals surface area contributed by atoms with E-state index in [0.717, 1.165) is 24.2 Å². The molecule has 1 atom stereocenters. The van der Waals surface area contributed by atoms with E-state index in [-0.39, 0.29) is 11.9 Å². The second kappa shape index (κ2) is 4.94. The zero-order valence-corrected chi connectivity index (χ0v) is 12.1. The molecule has 0 aromatic carbocycles. The lowest BCUT2D eigenvalue weighted by atomic mass is 10.2. The van der Waals surface area contributed by atoms with Gasteiger partial charge in [-0.3, -0.25) is 9.89 Å². The molecule has 3 aromatic heterocycles. The van der Waals surface area contributed by atoms with E-state index in [1.165, 1.54) is 0 Å². The summed E-state index contributed by atoms with van der Waals surface area (Å²) in [6, 6.07) is 1.69. The van der Waals surface area contributed by atoms with E-state index < -0.39 is 0 Å².